The molecule has 6 rings (SSSR count). The van der Waals surface area contributed by atoms with Crippen molar-refractivity contribution in [2.45, 2.75) is 0 Å². The number of fused-ring (bicyclic) bond motifs is 1. The minimum absolute atomic E-state index is 0.741. The molecule has 0 radical (unpaired) electrons. The Bertz CT molecular complexity index is 1720. The van der Waals surface area contributed by atoms with E-state index in [9.17, 15) is 0 Å². The largest absolute Gasteiger partial charge is 0.222 e. The second-order valence-electron chi connectivity index (χ2n) is 9.40. The number of para-hydroxylation sites is 1. The second-order valence-corrected chi connectivity index (χ2v) is 10.6. The number of aromatic nitrogens is 1. The fraction of sp³-hybridized carbons (Fsp3) is 0.0294. The first kappa shape index (κ1) is 28.5. The number of aryl methyl sites for hydroxylation is 1. The summed E-state index contributed by atoms with van der Waals surface area (Å²) in [7, 11) is -2.78. The van der Waals surface area contributed by atoms with Crippen LogP contribution in [-0.2, 0) is 7.05 Å². The molecular weight excluding hydrogens is 557 g/mol. The Morgan fingerprint density at radius 1 is 0.537 bits per heavy atom. The van der Waals surface area contributed by atoms with E-state index in [1.807, 2.05) is 12.1 Å². The van der Waals surface area contributed by atoms with Crippen LogP contribution in [0.15, 0.2) is 133 Å². The molecule has 0 N–H and O–H groups in total. The molecule has 0 aliphatic rings. The summed E-state index contributed by atoms with van der Waals surface area (Å²) in [5, 5.41) is 1.97. The first-order chi connectivity index (χ1) is 19.7. The van der Waals surface area contributed by atoms with Crippen molar-refractivity contribution in [2.75, 3.05) is 0 Å². The number of hydrogen-bond donors (Lipinski definition) is 0. The Kier molecular flexibility index (Phi) is 8.47. The highest BCUT2D eigenvalue weighted by molar-refractivity contribution is 6.30. The van der Waals surface area contributed by atoms with Gasteiger partial charge in [-0.25, -0.2) is 18.6 Å². The first-order valence-electron chi connectivity index (χ1n) is 12.7. The molecule has 0 saturated heterocycles. The van der Waals surface area contributed by atoms with Gasteiger partial charge in [-0.2, -0.15) is 4.57 Å². The predicted molar refractivity (Wildman–Crippen MR) is 152 cm³/mol. The number of nitrogens with zero attached hydrogens (tertiary/aromatic N) is 1. The highest BCUT2D eigenvalue weighted by Crippen LogP contribution is 2.42. The van der Waals surface area contributed by atoms with Crippen molar-refractivity contribution in [2.24, 2.45) is 7.05 Å². The van der Waals surface area contributed by atoms with E-state index in [2.05, 4.69) is 133 Å². The number of hydrogen-bond acceptors (Lipinski definition) is 4. The molecule has 0 saturated carbocycles. The van der Waals surface area contributed by atoms with Gasteiger partial charge in [0.25, 0.3) is 0 Å². The fourth-order valence-corrected chi connectivity index (χ4v) is 5.14. The zero-order chi connectivity index (χ0) is 29.0. The van der Waals surface area contributed by atoms with E-state index in [0.29, 0.717) is 0 Å². The second kappa shape index (κ2) is 12.2. The van der Waals surface area contributed by atoms with Crippen LogP contribution in [0.4, 0.5) is 0 Å². The number of rotatable bonds is 4. The van der Waals surface area contributed by atoms with E-state index >= 15 is 0 Å². The lowest BCUT2D eigenvalue weighted by atomic mass is 9.86. The van der Waals surface area contributed by atoms with Crippen molar-refractivity contribution >= 4 is 22.5 Å². The van der Waals surface area contributed by atoms with Gasteiger partial charge in [-0.05, 0) is 69.8 Å². The molecule has 0 atom stereocenters. The summed E-state index contributed by atoms with van der Waals surface area (Å²) in [4.78, 5) is 0. The molecule has 5 nitrogen and oxygen atoms in total. The van der Waals surface area contributed by atoms with Gasteiger partial charge in [0.2, 0.25) is 11.2 Å². The summed E-state index contributed by atoms with van der Waals surface area (Å²) >= 11 is 6.22. The molecule has 0 aliphatic carbocycles. The molecular formula is C34H25Cl2NO4. The lowest BCUT2D eigenvalue weighted by Gasteiger charge is -2.18. The third-order valence-corrected chi connectivity index (χ3v) is 7.07. The minimum Gasteiger partial charge on any atom is -0.222 e. The highest BCUT2D eigenvalue weighted by Gasteiger charge is 2.23. The Balaban J connectivity index is 0.000000623. The van der Waals surface area contributed by atoms with Crippen LogP contribution in [0.5, 0.6) is 0 Å². The lowest BCUT2D eigenvalue weighted by molar-refractivity contribution is -2.00. The van der Waals surface area contributed by atoms with Gasteiger partial charge < -0.3 is 0 Å². The van der Waals surface area contributed by atoms with Crippen molar-refractivity contribution < 1.29 is 33.4 Å². The molecule has 1 aromatic heterocycles. The van der Waals surface area contributed by atoms with Gasteiger partial charge in [-0.15, -0.1) is 10.2 Å². The maximum Gasteiger partial charge on any atom is 0.214 e. The Morgan fingerprint density at radius 3 is 1.56 bits per heavy atom. The van der Waals surface area contributed by atoms with Crippen LogP contribution in [0.3, 0.4) is 0 Å². The molecule has 0 fully saturated rings. The lowest BCUT2D eigenvalue weighted by Crippen LogP contribution is -2.68. The molecule has 0 bridgehead atoms. The van der Waals surface area contributed by atoms with Crippen molar-refractivity contribution in [3.05, 3.63) is 138 Å². The van der Waals surface area contributed by atoms with Crippen LogP contribution in [0, 0.1) is 10.2 Å². The van der Waals surface area contributed by atoms with Crippen molar-refractivity contribution in [1.82, 2.24) is 0 Å². The van der Waals surface area contributed by atoms with Crippen molar-refractivity contribution in [3.8, 4) is 44.6 Å². The zero-order valence-corrected chi connectivity index (χ0v) is 23.5. The maximum atomic E-state index is 8.49. The standard InChI is InChI=1S/C34H25ClN.ClHO4/c1-36-32-15-9-8-14-27(32)18-21-33(36)34-30(25-10-4-2-5-11-25)22-28(24-16-19-29(35)20-17-24)23-31(34)26-12-6-3-7-13-26;2-1(3,4)5/h2-23H,1H3;(H,2,3,4,5)/q+1;/p-1. The van der Waals surface area contributed by atoms with E-state index in [1.54, 1.807) is 0 Å². The van der Waals surface area contributed by atoms with Gasteiger partial charge in [0.1, 0.15) is 7.05 Å². The van der Waals surface area contributed by atoms with Crippen molar-refractivity contribution in [1.29, 1.82) is 0 Å². The maximum absolute atomic E-state index is 8.49. The Morgan fingerprint density at radius 2 is 1.02 bits per heavy atom. The molecule has 41 heavy (non-hydrogen) atoms. The normalized spacial score (nSPS) is 11.2. The average molecular weight is 582 g/mol. The molecule has 204 valence electrons. The van der Waals surface area contributed by atoms with Gasteiger partial charge in [0, 0.05) is 22.5 Å². The predicted octanol–water partition coefficient (Wildman–Crippen LogP) is 4.23. The molecule has 0 spiro atoms. The fourth-order valence-electron chi connectivity index (χ4n) is 5.01. The van der Waals surface area contributed by atoms with Crippen LogP contribution in [-0.4, -0.2) is 0 Å². The third kappa shape index (κ3) is 6.81. The van der Waals surface area contributed by atoms with Gasteiger partial charge in [0.05, 0.1) is 5.56 Å². The van der Waals surface area contributed by atoms with Crippen LogP contribution in [0.25, 0.3) is 55.5 Å². The minimum atomic E-state index is -4.94. The summed E-state index contributed by atoms with van der Waals surface area (Å²) in [5.74, 6) is 0. The summed E-state index contributed by atoms with van der Waals surface area (Å²) in [6.07, 6.45) is 0. The van der Waals surface area contributed by atoms with Gasteiger partial charge in [0.15, 0.2) is 0 Å². The van der Waals surface area contributed by atoms with Gasteiger partial charge in [-0.1, -0.05) is 96.5 Å². The molecule has 1 heterocycles. The van der Waals surface area contributed by atoms with E-state index < -0.39 is 10.2 Å². The average Bonchev–Trinajstić information content (AvgIpc) is 2.97. The molecule has 0 unspecified atom stereocenters. The van der Waals surface area contributed by atoms with Crippen LogP contribution in [0.2, 0.25) is 5.02 Å². The monoisotopic (exact) mass is 581 g/mol. The molecule has 0 amide bonds. The van der Waals surface area contributed by atoms with Crippen molar-refractivity contribution in [3.63, 3.8) is 0 Å². The van der Waals surface area contributed by atoms with Crippen LogP contribution >= 0.6 is 11.6 Å². The van der Waals surface area contributed by atoms with Gasteiger partial charge in [-0.3, -0.25) is 0 Å². The SMILES string of the molecule is C[n+]1c(-c2c(-c3ccccc3)cc(-c3ccc(Cl)cc3)cc2-c2ccccc2)ccc2ccccc21.[O-][Cl+3]([O-])([O-])[O-]. The molecule has 5 aromatic carbocycles. The number of benzene rings is 5. The summed E-state index contributed by atoms with van der Waals surface area (Å²) < 4.78 is 36.3. The van der Waals surface area contributed by atoms with Crippen LogP contribution < -0.4 is 23.2 Å². The molecule has 7 heteroatoms. The highest BCUT2D eigenvalue weighted by atomic mass is 35.7. The molecule has 6 aromatic rings. The van der Waals surface area contributed by atoms with E-state index in [0.717, 1.165) is 16.1 Å². The first-order valence-corrected chi connectivity index (χ1v) is 14.3. The number of halogens is 2. The summed E-state index contributed by atoms with van der Waals surface area (Å²) in [5.41, 5.74) is 10.7. The topological polar surface area (TPSA) is 96.1 Å². The Labute approximate surface area is 245 Å². The third-order valence-electron chi connectivity index (χ3n) is 6.82. The van der Waals surface area contributed by atoms with Crippen LogP contribution in [0.1, 0.15) is 0 Å². The quantitative estimate of drug-likeness (QED) is 0.291. The Hall–Kier alpha value is -4.07. The summed E-state index contributed by atoms with van der Waals surface area (Å²) in [6.45, 7) is 0. The molecule has 0 aliphatic heterocycles. The van der Waals surface area contributed by atoms with E-state index in [1.165, 1.54) is 44.4 Å². The number of pyridine rings is 1. The van der Waals surface area contributed by atoms with Gasteiger partial charge >= 0.3 is 0 Å². The van der Waals surface area contributed by atoms with E-state index in [4.69, 9.17) is 30.2 Å². The van der Waals surface area contributed by atoms with E-state index in [-0.39, 0.29) is 0 Å². The zero-order valence-electron chi connectivity index (χ0n) is 22.0. The smallest absolute Gasteiger partial charge is 0.214 e. The summed E-state index contributed by atoms with van der Waals surface area (Å²) in [6, 6.07) is 47.1.